The number of ether oxygens (including phenoxy) is 2. The van der Waals surface area contributed by atoms with Gasteiger partial charge in [0.15, 0.2) is 0 Å². The van der Waals surface area contributed by atoms with Crippen molar-refractivity contribution in [3.63, 3.8) is 0 Å². The van der Waals surface area contributed by atoms with Gasteiger partial charge in [-0.2, -0.15) is 0 Å². The Morgan fingerprint density at radius 1 is 0.897 bits per heavy atom. The van der Waals surface area contributed by atoms with Gasteiger partial charge >= 0.3 is 0 Å². The molecule has 0 aliphatic rings. The second-order valence-electron chi connectivity index (χ2n) is 8.18. The zero-order chi connectivity index (χ0) is 21.2. The van der Waals surface area contributed by atoms with E-state index >= 15 is 0 Å². The van der Waals surface area contributed by atoms with E-state index in [1.807, 2.05) is 0 Å². The van der Waals surface area contributed by atoms with Crippen LogP contribution in [0.5, 0.6) is 11.5 Å². The van der Waals surface area contributed by atoms with Crippen LogP contribution in [0, 0.1) is 11.8 Å². The Morgan fingerprint density at radius 3 is 2.31 bits per heavy atom. The number of methoxy groups -OCH3 is 1. The first-order valence-electron chi connectivity index (χ1n) is 10.5. The summed E-state index contributed by atoms with van der Waals surface area (Å²) in [7, 11) is 1.72. The van der Waals surface area contributed by atoms with Crippen LogP contribution in [0.15, 0.2) is 36.4 Å². The maximum atomic E-state index is 6.10. The first-order valence-corrected chi connectivity index (χ1v) is 12.8. The summed E-state index contributed by atoms with van der Waals surface area (Å²) < 4.78 is 11.6. The van der Waals surface area contributed by atoms with Gasteiger partial charge < -0.3 is 9.47 Å². The van der Waals surface area contributed by atoms with Crippen molar-refractivity contribution in [2.45, 2.75) is 57.1 Å². The highest BCUT2D eigenvalue weighted by Gasteiger charge is 2.12. The minimum absolute atomic E-state index is 0.708. The van der Waals surface area contributed by atoms with Crippen molar-refractivity contribution in [1.29, 1.82) is 0 Å². The summed E-state index contributed by atoms with van der Waals surface area (Å²) >= 11 is 7.20. The Bertz CT molecular complexity index is 758. The molecule has 0 bridgehead atoms. The molecule has 0 aliphatic carbocycles. The van der Waals surface area contributed by atoms with E-state index in [2.05, 4.69) is 89.0 Å². The van der Waals surface area contributed by atoms with Crippen LogP contribution >= 0.6 is 31.9 Å². The average Bonchev–Trinajstić information content (AvgIpc) is 2.72. The largest absolute Gasteiger partial charge is 0.496 e. The Hall–Kier alpha value is -1.00. The SMILES string of the molecule is COc1cc(CBr)c(-c2cccc(OCCC(C)CCCC(C)C)c2)cc1CBr. The van der Waals surface area contributed by atoms with Crippen LogP contribution in [-0.2, 0) is 10.7 Å². The molecule has 0 amide bonds. The molecule has 0 heterocycles. The minimum atomic E-state index is 0.708. The summed E-state index contributed by atoms with van der Waals surface area (Å²) in [5, 5.41) is 1.54. The van der Waals surface area contributed by atoms with Crippen molar-refractivity contribution in [1.82, 2.24) is 0 Å². The van der Waals surface area contributed by atoms with Gasteiger partial charge in [0, 0.05) is 16.2 Å². The molecule has 0 radical (unpaired) electrons. The molecule has 1 atom stereocenters. The van der Waals surface area contributed by atoms with E-state index in [0.717, 1.165) is 46.7 Å². The van der Waals surface area contributed by atoms with Gasteiger partial charge in [0.05, 0.1) is 13.7 Å². The second kappa shape index (κ2) is 12.6. The van der Waals surface area contributed by atoms with Gasteiger partial charge in [0.25, 0.3) is 0 Å². The quantitative estimate of drug-likeness (QED) is 0.259. The lowest BCUT2D eigenvalue weighted by Gasteiger charge is -2.16. The van der Waals surface area contributed by atoms with Gasteiger partial charge in [-0.1, -0.05) is 84.0 Å². The van der Waals surface area contributed by atoms with Crippen LogP contribution in [0.1, 0.15) is 57.6 Å². The van der Waals surface area contributed by atoms with Gasteiger partial charge in [0.2, 0.25) is 0 Å². The number of alkyl halides is 2. The van der Waals surface area contributed by atoms with Gasteiger partial charge in [-0.05, 0) is 59.2 Å². The van der Waals surface area contributed by atoms with Gasteiger partial charge in [-0.15, -0.1) is 0 Å². The smallest absolute Gasteiger partial charge is 0.123 e. The molecular formula is C25H34Br2O2. The fraction of sp³-hybridized carbons (Fsp3) is 0.520. The third-order valence-corrected chi connectivity index (χ3v) is 6.51. The summed E-state index contributed by atoms with van der Waals surface area (Å²) in [5.74, 6) is 3.36. The van der Waals surface area contributed by atoms with E-state index < -0.39 is 0 Å². The summed E-state index contributed by atoms with van der Waals surface area (Å²) in [6.07, 6.45) is 5.03. The molecule has 1 unspecified atom stereocenters. The van der Waals surface area contributed by atoms with Gasteiger partial charge in [-0.3, -0.25) is 0 Å². The molecule has 2 nitrogen and oxygen atoms in total. The monoisotopic (exact) mass is 524 g/mol. The molecule has 4 heteroatoms. The highest BCUT2D eigenvalue weighted by atomic mass is 79.9. The summed E-state index contributed by atoms with van der Waals surface area (Å²) in [6, 6.07) is 12.7. The van der Waals surface area contributed by atoms with Crippen molar-refractivity contribution in [3.05, 3.63) is 47.5 Å². The first kappa shape index (κ1) is 24.3. The summed E-state index contributed by atoms with van der Waals surface area (Å²) in [4.78, 5) is 0. The molecule has 0 saturated carbocycles. The van der Waals surface area contributed by atoms with Crippen LogP contribution in [0.4, 0.5) is 0 Å². The van der Waals surface area contributed by atoms with Crippen LogP contribution in [0.3, 0.4) is 0 Å². The molecule has 2 aromatic carbocycles. The predicted molar refractivity (Wildman–Crippen MR) is 132 cm³/mol. The molecule has 0 spiro atoms. The Balaban J connectivity index is 2.04. The van der Waals surface area contributed by atoms with E-state index in [9.17, 15) is 0 Å². The number of halogens is 2. The molecule has 0 N–H and O–H groups in total. The first-order chi connectivity index (χ1) is 14.0. The Kier molecular flexibility index (Phi) is 10.6. The predicted octanol–water partition coefficient (Wildman–Crippen LogP) is 8.38. The maximum absolute atomic E-state index is 6.10. The minimum Gasteiger partial charge on any atom is -0.496 e. The van der Waals surface area contributed by atoms with Crippen molar-refractivity contribution >= 4 is 31.9 Å². The number of hydrogen-bond acceptors (Lipinski definition) is 2. The molecule has 2 aromatic rings. The van der Waals surface area contributed by atoms with Crippen molar-refractivity contribution in [2.24, 2.45) is 11.8 Å². The molecule has 0 saturated heterocycles. The second-order valence-corrected chi connectivity index (χ2v) is 9.30. The van der Waals surface area contributed by atoms with Crippen LogP contribution in [0.25, 0.3) is 11.1 Å². The summed E-state index contributed by atoms with van der Waals surface area (Å²) in [5.41, 5.74) is 4.74. The van der Waals surface area contributed by atoms with Crippen molar-refractivity contribution in [3.8, 4) is 22.6 Å². The molecule has 2 rings (SSSR count). The van der Waals surface area contributed by atoms with Gasteiger partial charge in [-0.25, -0.2) is 0 Å². The fourth-order valence-electron chi connectivity index (χ4n) is 3.49. The Labute approximate surface area is 193 Å². The zero-order valence-corrected chi connectivity index (χ0v) is 21.3. The molecule has 0 aliphatic heterocycles. The number of hydrogen-bond donors (Lipinski definition) is 0. The lowest BCUT2D eigenvalue weighted by atomic mass is 9.97. The van der Waals surface area contributed by atoms with Crippen molar-refractivity contribution < 1.29 is 9.47 Å². The molecule has 0 fully saturated rings. The van der Waals surface area contributed by atoms with E-state index in [1.54, 1.807) is 7.11 Å². The van der Waals surface area contributed by atoms with Crippen molar-refractivity contribution in [2.75, 3.05) is 13.7 Å². The highest BCUT2D eigenvalue weighted by molar-refractivity contribution is 9.08. The zero-order valence-electron chi connectivity index (χ0n) is 18.1. The summed E-state index contributed by atoms with van der Waals surface area (Å²) in [6.45, 7) is 7.70. The van der Waals surface area contributed by atoms with Crippen LogP contribution < -0.4 is 9.47 Å². The normalized spacial score (nSPS) is 12.2. The van der Waals surface area contributed by atoms with E-state index in [0.29, 0.717) is 5.92 Å². The van der Waals surface area contributed by atoms with E-state index in [-0.39, 0.29) is 0 Å². The molecule has 160 valence electrons. The standard InChI is InChI=1S/C25H34Br2O2/c1-18(2)7-5-8-19(3)11-12-29-23-10-6-9-20(13-23)24-14-22(17-27)25(28-4)15-21(24)16-26/h6,9-10,13-15,18-19H,5,7-8,11-12,16-17H2,1-4H3. The highest BCUT2D eigenvalue weighted by Crippen LogP contribution is 2.34. The van der Waals surface area contributed by atoms with Crippen LogP contribution in [-0.4, -0.2) is 13.7 Å². The molecule has 29 heavy (non-hydrogen) atoms. The number of benzene rings is 2. The lowest BCUT2D eigenvalue weighted by molar-refractivity contribution is 0.276. The average molecular weight is 526 g/mol. The maximum Gasteiger partial charge on any atom is 0.123 e. The third-order valence-electron chi connectivity index (χ3n) is 5.30. The molecular weight excluding hydrogens is 492 g/mol. The lowest BCUT2D eigenvalue weighted by Crippen LogP contribution is -2.05. The fourth-order valence-corrected chi connectivity index (χ4v) is 4.39. The topological polar surface area (TPSA) is 18.5 Å². The van der Waals surface area contributed by atoms with Crippen LogP contribution in [0.2, 0.25) is 0 Å². The molecule has 0 aromatic heterocycles. The van der Waals surface area contributed by atoms with E-state index in [4.69, 9.17) is 9.47 Å². The third kappa shape index (κ3) is 7.64. The van der Waals surface area contributed by atoms with Gasteiger partial charge in [0.1, 0.15) is 11.5 Å². The van der Waals surface area contributed by atoms with E-state index in [1.165, 1.54) is 36.0 Å². The number of rotatable bonds is 12. The Morgan fingerprint density at radius 2 is 1.66 bits per heavy atom.